The van der Waals surface area contributed by atoms with Crippen molar-refractivity contribution in [2.24, 2.45) is 29.1 Å². The molecule has 5 rings (SSSR count). The van der Waals surface area contributed by atoms with Crippen molar-refractivity contribution >= 4 is 17.3 Å². The lowest BCUT2D eigenvalue weighted by molar-refractivity contribution is -0.137. The van der Waals surface area contributed by atoms with Crippen molar-refractivity contribution in [1.29, 1.82) is 0 Å². The molecule has 0 aromatic heterocycles. The molecule has 4 atom stereocenters. The molecule has 4 unspecified atom stereocenters. The fraction of sp³-hybridized carbons (Fsp3) is 0.462. The number of ketones is 3. The Labute approximate surface area is 256 Å². The van der Waals surface area contributed by atoms with Crippen molar-refractivity contribution < 1.29 is 19.5 Å². The zero-order valence-electron chi connectivity index (χ0n) is 26.0. The first-order valence-corrected chi connectivity index (χ1v) is 16.2. The first-order valence-electron chi connectivity index (χ1n) is 16.2. The van der Waals surface area contributed by atoms with E-state index in [0.717, 1.165) is 44.1 Å². The molecule has 43 heavy (non-hydrogen) atoms. The number of rotatable bonds is 12. The molecule has 4 nitrogen and oxygen atoms in total. The summed E-state index contributed by atoms with van der Waals surface area (Å²) in [5, 5.41) is 10.2. The number of phenols is 1. The van der Waals surface area contributed by atoms with Gasteiger partial charge in [-0.05, 0) is 86.5 Å². The number of hydrogen-bond acceptors (Lipinski definition) is 4. The van der Waals surface area contributed by atoms with Gasteiger partial charge in [0.1, 0.15) is 17.3 Å². The molecule has 0 radical (unpaired) electrons. The summed E-state index contributed by atoms with van der Waals surface area (Å²) < 4.78 is 0. The van der Waals surface area contributed by atoms with Crippen LogP contribution in [0.4, 0.5) is 0 Å². The maximum atomic E-state index is 14.5. The molecule has 0 bridgehead atoms. The number of hydrogen-bond donors (Lipinski definition) is 1. The molecular weight excluding hydrogens is 532 g/mol. The average molecular weight is 579 g/mol. The van der Waals surface area contributed by atoms with Crippen LogP contribution in [-0.2, 0) is 22.4 Å². The molecule has 0 saturated heterocycles. The highest BCUT2D eigenvalue weighted by Crippen LogP contribution is 2.58. The average Bonchev–Trinajstić information content (AvgIpc) is 3.64. The minimum Gasteiger partial charge on any atom is -0.508 e. The normalized spacial score (nSPS) is 20.6. The van der Waals surface area contributed by atoms with E-state index in [4.69, 9.17) is 0 Å². The first-order chi connectivity index (χ1) is 20.7. The molecule has 1 spiro atoms. The number of carbonyl (C=O) groups is 3. The number of Topliss-reactive ketones (excluding diaryl/α,β-unsaturated/α-hetero) is 3. The second kappa shape index (κ2) is 13.4. The van der Waals surface area contributed by atoms with Crippen LogP contribution in [0.15, 0.2) is 72.8 Å². The van der Waals surface area contributed by atoms with Crippen molar-refractivity contribution in [3.63, 3.8) is 0 Å². The van der Waals surface area contributed by atoms with Crippen molar-refractivity contribution in [2.75, 3.05) is 0 Å². The lowest BCUT2D eigenvalue weighted by atomic mass is 9.68. The maximum absolute atomic E-state index is 14.5. The van der Waals surface area contributed by atoms with E-state index in [1.54, 1.807) is 25.1 Å². The molecule has 3 aromatic rings. The highest BCUT2D eigenvalue weighted by molar-refractivity contribution is 5.99. The Morgan fingerprint density at radius 3 is 2.30 bits per heavy atom. The standard InChI is InChI=1S/C39H46O4/c1-26-12-7-8-15-30(26)18-19-35(41)37-33(20-23-39(37)21-9-10-22-39)38(43)27(2)31(24-29-13-5-4-6-14-29)25-36(42)32-16-11-17-34(40)28(32)3/h4-8,11-17,27,31,33,37,40H,9-10,18-25H2,1-3H3. The SMILES string of the molecule is Cc1ccccc1CCC(=O)C1C(C(=O)C(C)C(CC(=O)c2cccc(O)c2C)Cc2ccccc2)CCC12CCCC2. The summed E-state index contributed by atoms with van der Waals surface area (Å²) >= 11 is 0. The third kappa shape index (κ3) is 6.69. The van der Waals surface area contributed by atoms with Crippen molar-refractivity contribution in [2.45, 2.75) is 85.0 Å². The first kappa shape index (κ1) is 30.9. The molecule has 0 heterocycles. The van der Waals surface area contributed by atoms with Crippen LogP contribution in [0.3, 0.4) is 0 Å². The summed E-state index contributed by atoms with van der Waals surface area (Å²) in [4.78, 5) is 42.2. The predicted molar refractivity (Wildman–Crippen MR) is 171 cm³/mol. The van der Waals surface area contributed by atoms with Crippen LogP contribution in [0.25, 0.3) is 0 Å². The molecule has 1 N–H and O–H groups in total. The van der Waals surface area contributed by atoms with Crippen molar-refractivity contribution in [1.82, 2.24) is 0 Å². The fourth-order valence-corrected chi connectivity index (χ4v) is 8.19. The van der Waals surface area contributed by atoms with Crippen LogP contribution in [-0.4, -0.2) is 22.5 Å². The smallest absolute Gasteiger partial charge is 0.163 e. The van der Waals surface area contributed by atoms with Gasteiger partial charge in [0, 0.05) is 41.7 Å². The van der Waals surface area contributed by atoms with Crippen LogP contribution in [0.5, 0.6) is 5.75 Å². The summed E-state index contributed by atoms with van der Waals surface area (Å²) in [5.74, 6) is -0.627. The zero-order valence-corrected chi connectivity index (χ0v) is 26.0. The van der Waals surface area contributed by atoms with Crippen LogP contribution in [0, 0.1) is 42.9 Å². The van der Waals surface area contributed by atoms with Gasteiger partial charge in [-0.15, -0.1) is 0 Å². The topological polar surface area (TPSA) is 71.4 Å². The Morgan fingerprint density at radius 1 is 0.884 bits per heavy atom. The summed E-state index contributed by atoms with van der Waals surface area (Å²) in [6.45, 7) is 5.83. The van der Waals surface area contributed by atoms with Gasteiger partial charge in [0.25, 0.3) is 0 Å². The van der Waals surface area contributed by atoms with Crippen LogP contribution in [0.1, 0.15) is 90.9 Å². The van der Waals surface area contributed by atoms with Gasteiger partial charge in [0.2, 0.25) is 0 Å². The lowest BCUT2D eigenvalue weighted by Crippen LogP contribution is -2.39. The van der Waals surface area contributed by atoms with Gasteiger partial charge in [-0.3, -0.25) is 14.4 Å². The Bertz CT molecular complexity index is 1450. The predicted octanol–water partition coefficient (Wildman–Crippen LogP) is 8.43. The molecule has 2 fully saturated rings. The molecule has 2 aliphatic carbocycles. The van der Waals surface area contributed by atoms with E-state index < -0.39 is 0 Å². The van der Waals surface area contributed by atoms with E-state index in [1.165, 1.54) is 11.1 Å². The third-order valence-electron chi connectivity index (χ3n) is 10.8. The quantitative estimate of drug-likeness (QED) is 0.219. The monoisotopic (exact) mass is 578 g/mol. The number of carbonyl (C=O) groups excluding carboxylic acids is 3. The number of aromatic hydroxyl groups is 1. The number of phenolic OH excluding ortho intramolecular Hbond substituents is 1. The van der Waals surface area contributed by atoms with Crippen LogP contribution >= 0.6 is 0 Å². The van der Waals surface area contributed by atoms with Gasteiger partial charge in [0.05, 0.1) is 0 Å². The van der Waals surface area contributed by atoms with E-state index in [1.807, 2.05) is 37.3 Å². The largest absolute Gasteiger partial charge is 0.508 e. The third-order valence-corrected chi connectivity index (χ3v) is 10.8. The fourth-order valence-electron chi connectivity index (χ4n) is 8.19. The van der Waals surface area contributed by atoms with Gasteiger partial charge in [-0.2, -0.15) is 0 Å². The summed E-state index contributed by atoms with van der Waals surface area (Å²) in [6, 6.07) is 23.4. The molecule has 3 aromatic carbocycles. The second-order valence-electron chi connectivity index (χ2n) is 13.3. The van der Waals surface area contributed by atoms with Gasteiger partial charge in [-0.25, -0.2) is 0 Å². The van der Waals surface area contributed by atoms with E-state index in [9.17, 15) is 19.5 Å². The van der Waals surface area contributed by atoms with Crippen molar-refractivity contribution in [3.8, 4) is 5.75 Å². The van der Waals surface area contributed by atoms with Gasteiger partial charge in [-0.1, -0.05) is 86.5 Å². The molecule has 2 saturated carbocycles. The van der Waals surface area contributed by atoms with E-state index in [2.05, 4.69) is 31.2 Å². The molecule has 4 heteroatoms. The molecule has 0 amide bonds. The lowest BCUT2D eigenvalue weighted by Gasteiger charge is -2.34. The van der Waals surface area contributed by atoms with Gasteiger partial charge in [0.15, 0.2) is 5.78 Å². The van der Waals surface area contributed by atoms with Gasteiger partial charge < -0.3 is 5.11 Å². The maximum Gasteiger partial charge on any atom is 0.163 e. The van der Waals surface area contributed by atoms with E-state index in [-0.39, 0.29) is 58.6 Å². The Kier molecular flexibility index (Phi) is 9.64. The van der Waals surface area contributed by atoms with Crippen LogP contribution < -0.4 is 0 Å². The second-order valence-corrected chi connectivity index (χ2v) is 13.3. The minimum absolute atomic E-state index is 0.0493. The van der Waals surface area contributed by atoms with E-state index >= 15 is 0 Å². The highest BCUT2D eigenvalue weighted by Gasteiger charge is 2.55. The van der Waals surface area contributed by atoms with E-state index in [0.29, 0.717) is 30.4 Å². The van der Waals surface area contributed by atoms with Crippen molar-refractivity contribution in [3.05, 3.63) is 101 Å². The van der Waals surface area contributed by atoms with Crippen LogP contribution in [0.2, 0.25) is 0 Å². The minimum atomic E-state index is -0.366. The highest BCUT2D eigenvalue weighted by atomic mass is 16.3. The summed E-state index contributed by atoms with van der Waals surface area (Å²) in [6.07, 6.45) is 8.06. The Balaban J connectivity index is 1.39. The summed E-state index contributed by atoms with van der Waals surface area (Å²) in [7, 11) is 0. The zero-order chi connectivity index (χ0) is 30.6. The Morgan fingerprint density at radius 2 is 1.58 bits per heavy atom. The number of aryl methyl sites for hydroxylation is 2. The summed E-state index contributed by atoms with van der Waals surface area (Å²) in [5.41, 5.74) is 4.53. The molecule has 2 aliphatic rings. The Hall–Kier alpha value is -3.53. The molecular formula is C39H46O4. The number of benzene rings is 3. The molecule has 0 aliphatic heterocycles. The van der Waals surface area contributed by atoms with Gasteiger partial charge >= 0.3 is 0 Å². The molecule has 226 valence electrons.